The van der Waals surface area contributed by atoms with Crippen LogP contribution in [-0.4, -0.2) is 4.98 Å². The van der Waals surface area contributed by atoms with Crippen molar-refractivity contribution in [2.75, 3.05) is 0 Å². The Kier molecular flexibility index (Phi) is 3.92. The third kappa shape index (κ3) is 3.14. The number of pyridine rings is 1. The highest BCUT2D eigenvalue weighted by atomic mass is 79.9. The lowest BCUT2D eigenvalue weighted by Crippen LogP contribution is -2.14. The van der Waals surface area contributed by atoms with E-state index in [0.29, 0.717) is 0 Å². The number of nitrogens with zero attached hydrogens (tertiary/aromatic N) is 1. The van der Waals surface area contributed by atoms with Gasteiger partial charge in [0, 0.05) is 28.8 Å². The summed E-state index contributed by atoms with van der Waals surface area (Å²) in [4.78, 5) is 4.42. The molecule has 0 aliphatic rings. The van der Waals surface area contributed by atoms with Gasteiger partial charge in [-0.05, 0) is 40.0 Å². The number of aryl methyl sites for hydroxylation is 1. The van der Waals surface area contributed by atoms with Crippen LogP contribution in [0.5, 0.6) is 0 Å². The summed E-state index contributed by atoms with van der Waals surface area (Å²) in [6.07, 6.45) is 2.59. The molecule has 0 amide bonds. The predicted octanol–water partition coefficient (Wildman–Crippen LogP) is 3.40. The van der Waals surface area contributed by atoms with E-state index in [1.165, 1.54) is 5.56 Å². The predicted molar refractivity (Wildman–Crippen MR) is 73.7 cm³/mol. The Bertz CT molecular complexity index is 497. The lowest BCUT2D eigenvalue weighted by Gasteiger charge is -2.13. The molecule has 2 nitrogen and oxygen atoms in total. The van der Waals surface area contributed by atoms with Crippen molar-refractivity contribution in [2.45, 2.75) is 19.4 Å². The molecule has 0 bridgehead atoms. The first-order valence-electron chi connectivity index (χ1n) is 5.58. The molecule has 1 aromatic carbocycles. The SMILES string of the molecule is Cc1cc(Br)cnc1C[C@@H](N)c1ccccc1. The Hall–Kier alpha value is -1.19. The molecule has 0 unspecified atom stereocenters. The minimum Gasteiger partial charge on any atom is -0.324 e. The maximum absolute atomic E-state index is 6.18. The highest BCUT2D eigenvalue weighted by Gasteiger charge is 2.09. The minimum atomic E-state index is 0.00331. The van der Waals surface area contributed by atoms with Crippen molar-refractivity contribution < 1.29 is 0 Å². The summed E-state index contributed by atoms with van der Waals surface area (Å²) in [6.45, 7) is 2.06. The molecule has 3 heteroatoms. The second-order valence-corrected chi connectivity index (χ2v) is 5.05. The molecule has 0 saturated heterocycles. The van der Waals surface area contributed by atoms with Gasteiger partial charge >= 0.3 is 0 Å². The van der Waals surface area contributed by atoms with Crippen molar-refractivity contribution in [3.8, 4) is 0 Å². The van der Waals surface area contributed by atoms with Crippen LogP contribution in [0.25, 0.3) is 0 Å². The maximum Gasteiger partial charge on any atom is 0.0452 e. The zero-order valence-corrected chi connectivity index (χ0v) is 11.3. The smallest absolute Gasteiger partial charge is 0.0452 e. The summed E-state index contributed by atoms with van der Waals surface area (Å²) in [5.74, 6) is 0. The third-order valence-electron chi connectivity index (χ3n) is 2.79. The summed E-state index contributed by atoms with van der Waals surface area (Å²) >= 11 is 3.41. The molecule has 17 heavy (non-hydrogen) atoms. The summed E-state index contributed by atoms with van der Waals surface area (Å²) < 4.78 is 1.01. The molecule has 0 radical (unpaired) electrons. The van der Waals surface area contributed by atoms with Crippen LogP contribution in [0.1, 0.15) is 22.9 Å². The highest BCUT2D eigenvalue weighted by molar-refractivity contribution is 9.10. The number of hydrogen-bond acceptors (Lipinski definition) is 2. The van der Waals surface area contributed by atoms with E-state index in [4.69, 9.17) is 5.73 Å². The molecule has 88 valence electrons. The number of hydrogen-bond donors (Lipinski definition) is 1. The zero-order valence-electron chi connectivity index (χ0n) is 9.73. The van der Waals surface area contributed by atoms with Gasteiger partial charge in [0.2, 0.25) is 0 Å². The Morgan fingerprint density at radius 3 is 2.65 bits per heavy atom. The van der Waals surface area contributed by atoms with Gasteiger partial charge in [0.15, 0.2) is 0 Å². The highest BCUT2D eigenvalue weighted by Crippen LogP contribution is 2.19. The fourth-order valence-corrected chi connectivity index (χ4v) is 2.25. The number of benzene rings is 1. The Morgan fingerprint density at radius 1 is 1.29 bits per heavy atom. The molecular weight excluding hydrogens is 276 g/mol. The molecule has 2 rings (SSSR count). The summed E-state index contributed by atoms with van der Waals surface area (Å²) in [6, 6.07) is 12.2. The van der Waals surface area contributed by atoms with Gasteiger partial charge in [-0.15, -0.1) is 0 Å². The van der Waals surface area contributed by atoms with E-state index in [9.17, 15) is 0 Å². The first-order valence-corrected chi connectivity index (χ1v) is 6.37. The Labute approximate surface area is 110 Å². The Balaban J connectivity index is 2.16. The van der Waals surface area contributed by atoms with E-state index in [1.54, 1.807) is 0 Å². The molecule has 0 aliphatic carbocycles. The molecule has 2 aromatic rings. The molecule has 0 aliphatic heterocycles. The van der Waals surface area contributed by atoms with Crippen molar-refractivity contribution >= 4 is 15.9 Å². The lowest BCUT2D eigenvalue weighted by molar-refractivity contribution is 0.702. The molecule has 1 aromatic heterocycles. The average molecular weight is 291 g/mol. The van der Waals surface area contributed by atoms with Crippen LogP contribution in [0, 0.1) is 6.92 Å². The van der Waals surface area contributed by atoms with Crippen molar-refractivity contribution in [1.82, 2.24) is 4.98 Å². The van der Waals surface area contributed by atoms with Crippen molar-refractivity contribution in [3.63, 3.8) is 0 Å². The minimum absolute atomic E-state index is 0.00331. The quantitative estimate of drug-likeness (QED) is 0.941. The number of nitrogens with two attached hydrogens (primary N) is 1. The van der Waals surface area contributed by atoms with Crippen LogP contribution in [-0.2, 0) is 6.42 Å². The van der Waals surface area contributed by atoms with E-state index in [2.05, 4.69) is 46.0 Å². The molecule has 1 heterocycles. The summed E-state index contributed by atoms with van der Waals surface area (Å²) in [5, 5.41) is 0. The number of rotatable bonds is 3. The Morgan fingerprint density at radius 2 is 2.00 bits per heavy atom. The van der Waals surface area contributed by atoms with Crippen LogP contribution in [0.3, 0.4) is 0 Å². The molecule has 0 spiro atoms. The van der Waals surface area contributed by atoms with Gasteiger partial charge in [-0.25, -0.2) is 0 Å². The van der Waals surface area contributed by atoms with Crippen LogP contribution in [0.2, 0.25) is 0 Å². The standard InChI is InChI=1S/C14H15BrN2/c1-10-7-12(15)9-17-14(10)8-13(16)11-5-3-2-4-6-11/h2-7,9,13H,8,16H2,1H3/t13-/m1/s1. The van der Waals surface area contributed by atoms with Gasteiger partial charge in [-0.2, -0.15) is 0 Å². The van der Waals surface area contributed by atoms with Crippen molar-refractivity contribution in [2.24, 2.45) is 5.73 Å². The van der Waals surface area contributed by atoms with Gasteiger partial charge in [0.1, 0.15) is 0 Å². The van der Waals surface area contributed by atoms with Gasteiger partial charge in [0.25, 0.3) is 0 Å². The summed E-state index contributed by atoms with van der Waals surface area (Å²) in [7, 11) is 0. The molecule has 1 atom stereocenters. The van der Waals surface area contributed by atoms with Gasteiger partial charge in [0.05, 0.1) is 0 Å². The second kappa shape index (κ2) is 5.43. The van der Waals surface area contributed by atoms with Gasteiger partial charge < -0.3 is 5.73 Å². The van der Waals surface area contributed by atoms with Crippen molar-refractivity contribution in [1.29, 1.82) is 0 Å². The monoisotopic (exact) mass is 290 g/mol. The van der Waals surface area contributed by atoms with E-state index >= 15 is 0 Å². The van der Waals surface area contributed by atoms with Crippen LogP contribution < -0.4 is 5.73 Å². The van der Waals surface area contributed by atoms with Gasteiger partial charge in [-0.1, -0.05) is 30.3 Å². The van der Waals surface area contributed by atoms with E-state index in [0.717, 1.165) is 22.2 Å². The van der Waals surface area contributed by atoms with E-state index in [-0.39, 0.29) is 6.04 Å². The number of aromatic nitrogens is 1. The van der Waals surface area contributed by atoms with Crippen LogP contribution in [0.4, 0.5) is 0 Å². The van der Waals surface area contributed by atoms with E-state index < -0.39 is 0 Å². The van der Waals surface area contributed by atoms with Crippen molar-refractivity contribution in [3.05, 3.63) is 63.9 Å². The zero-order chi connectivity index (χ0) is 12.3. The number of halogens is 1. The molecule has 2 N–H and O–H groups in total. The first kappa shape index (κ1) is 12.3. The summed E-state index contributed by atoms with van der Waals surface area (Å²) in [5.41, 5.74) is 9.56. The maximum atomic E-state index is 6.18. The largest absolute Gasteiger partial charge is 0.324 e. The third-order valence-corrected chi connectivity index (χ3v) is 3.23. The average Bonchev–Trinajstić information content (AvgIpc) is 2.34. The molecule has 0 fully saturated rings. The molecule has 0 saturated carbocycles. The fraction of sp³-hybridized carbons (Fsp3) is 0.214. The lowest BCUT2D eigenvalue weighted by atomic mass is 10.0. The van der Waals surface area contributed by atoms with E-state index in [1.807, 2.05) is 24.4 Å². The normalized spacial score (nSPS) is 12.4. The van der Waals surface area contributed by atoms with Crippen LogP contribution in [0.15, 0.2) is 47.1 Å². The van der Waals surface area contributed by atoms with Crippen LogP contribution >= 0.6 is 15.9 Å². The fourth-order valence-electron chi connectivity index (χ4n) is 1.81. The topological polar surface area (TPSA) is 38.9 Å². The second-order valence-electron chi connectivity index (χ2n) is 4.14. The molecular formula is C14H15BrN2. The van der Waals surface area contributed by atoms with Gasteiger partial charge in [-0.3, -0.25) is 4.98 Å². The first-order chi connectivity index (χ1) is 8.16.